The van der Waals surface area contributed by atoms with Crippen LogP contribution in [0, 0.1) is 35.2 Å². The molecule has 0 atom stereocenters. The lowest BCUT2D eigenvalue weighted by molar-refractivity contribution is 0.171. The van der Waals surface area contributed by atoms with Gasteiger partial charge in [0, 0.05) is 11.1 Å². The number of halogens is 4. The van der Waals surface area contributed by atoms with Gasteiger partial charge in [0.25, 0.3) is 0 Å². The predicted molar refractivity (Wildman–Crippen MR) is 128 cm³/mol. The summed E-state index contributed by atoms with van der Waals surface area (Å²) in [6, 6.07) is 7.64. The Morgan fingerprint density at radius 3 is 2.09 bits per heavy atom. The lowest BCUT2D eigenvalue weighted by atomic mass is 9.68. The van der Waals surface area contributed by atoms with Gasteiger partial charge < -0.3 is 4.74 Å². The van der Waals surface area contributed by atoms with Crippen molar-refractivity contribution in [3.8, 4) is 16.9 Å². The molecule has 2 aromatic rings. The van der Waals surface area contributed by atoms with Crippen LogP contribution in [0.4, 0.5) is 17.6 Å². The van der Waals surface area contributed by atoms with Gasteiger partial charge in [0.2, 0.25) is 5.82 Å². The number of benzene rings is 2. The maximum absolute atomic E-state index is 15.0. The zero-order valence-electron chi connectivity index (χ0n) is 19.8. The van der Waals surface area contributed by atoms with E-state index in [0.717, 1.165) is 50.0 Å². The molecule has 0 heterocycles. The monoisotopic (exact) mass is 474 g/mol. The smallest absolute Gasteiger partial charge is 0.201 e. The predicted octanol–water partition coefficient (Wildman–Crippen LogP) is 8.78. The second-order valence-electron chi connectivity index (χ2n) is 9.78. The Kier molecular flexibility index (Phi) is 8.33. The minimum atomic E-state index is -1.09. The summed E-state index contributed by atoms with van der Waals surface area (Å²) in [6.07, 6.45) is 12.7. The fourth-order valence-corrected chi connectivity index (χ4v) is 5.99. The summed E-state index contributed by atoms with van der Waals surface area (Å²) in [5.74, 6) is -0.588. The SMILES string of the molecule is CCOc1ccc(-c2ccc(C3CCC(C4CCC(/C=C/CF)CC4)CC3)cc2F)c(F)c1F. The van der Waals surface area contributed by atoms with Crippen LogP contribution in [0.3, 0.4) is 0 Å². The summed E-state index contributed by atoms with van der Waals surface area (Å²) in [5, 5.41) is 0. The third-order valence-corrected chi connectivity index (χ3v) is 7.85. The summed E-state index contributed by atoms with van der Waals surface area (Å²) < 4.78 is 61.3. The molecule has 0 aliphatic heterocycles. The fourth-order valence-electron chi connectivity index (χ4n) is 5.99. The van der Waals surface area contributed by atoms with Gasteiger partial charge in [-0.25, -0.2) is 13.2 Å². The highest BCUT2D eigenvalue weighted by molar-refractivity contribution is 5.66. The van der Waals surface area contributed by atoms with E-state index in [0.29, 0.717) is 17.8 Å². The molecule has 0 spiro atoms. The molecule has 5 heteroatoms. The van der Waals surface area contributed by atoms with Crippen molar-refractivity contribution in [3.63, 3.8) is 0 Å². The van der Waals surface area contributed by atoms with Crippen molar-refractivity contribution in [2.75, 3.05) is 13.3 Å². The average Bonchev–Trinajstić information content (AvgIpc) is 2.86. The van der Waals surface area contributed by atoms with E-state index in [1.807, 2.05) is 12.1 Å². The summed E-state index contributed by atoms with van der Waals surface area (Å²) in [5.41, 5.74) is 0.910. The molecule has 184 valence electrons. The van der Waals surface area contributed by atoms with Gasteiger partial charge in [-0.1, -0.05) is 24.3 Å². The third kappa shape index (κ3) is 5.50. The number of ether oxygens (including phenoxy) is 1. The van der Waals surface area contributed by atoms with E-state index in [1.54, 1.807) is 19.1 Å². The van der Waals surface area contributed by atoms with Crippen molar-refractivity contribution in [2.45, 2.75) is 64.2 Å². The van der Waals surface area contributed by atoms with Crippen molar-refractivity contribution in [1.29, 1.82) is 0 Å². The highest BCUT2D eigenvalue weighted by Gasteiger charge is 2.31. The lowest BCUT2D eigenvalue weighted by Gasteiger charge is -2.37. The molecule has 0 saturated heterocycles. The first kappa shape index (κ1) is 24.8. The molecule has 2 saturated carbocycles. The first-order chi connectivity index (χ1) is 16.5. The van der Waals surface area contributed by atoms with E-state index in [2.05, 4.69) is 0 Å². The highest BCUT2D eigenvalue weighted by atomic mass is 19.2. The maximum Gasteiger partial charge on any atom is 0.201 e. The van der Waals surface area contributed by atoms with Gasteiger partial charge in [0.1, 0.15) is 12.5 Å². The standard InChI is InChI=1S/C29H34F4O/c1-2-34-27-16-15-25(28(32)29(27)33)24-14-13-23(18-26(24)31)22-11-9-21(10-12-22)20-7-5-19(6-8-20)4-3-17-30/h3-4,13-16,18-22H,2,5-12,17H2,1H3/b4-3+. The number of allylic oxidation sites excluding steroid dienone is 2. The van der Waals surface area contributed by atoms with Crippen molar-refractivity contribution in [2.24, 2.45) is 17.8 Å². The molecule has 2 aliphatic carbocycles. The van der Waals surface area contributed by atoms with Gasteiger partial charge >= 0.3 is 0 Å². The third-order valence-electron chi connectivity index (χ3n) is 7.85. The van der Waals surface area contributed by atoms with Crippen LogP contribution >= 0.6 is 0 Å². The topological polar surface area (TPSA) is 9.23 Å². The first-order valence-electron chi connectivity index (χ1n) is 12.6. The van der Waals surface area contributed by atoms with Gasteiger partial charge in [-0.3, -0.25) is 0 Å². The normalized spacial score (nSPS) is 25.6. The van der Waals surface area contributed by atoms with Crippen molar-refractivity contribution in [1.82, 2.24) is 0 Å². The summed E-state index contributed by atoms with van der Waals surface area (Å²) in [7, 11) is 0. The molecule has 2 aliphatic rings. The molecule has 34 heavy (non-hydrogen) atoms. The van der Waals surface area contributed by atoms with Crippen LogP contribution in [-0.4, -0.2) is 13.3 Å². The van der Waals surface area contributed by atoms with Crippen LogP contribution in [-0.2, 0) is 0 Å². The van der Waals surface area contributed by atoms with Crippen LogP contribution in [0.2, 0.25) is 0 Å². The lowest BCUT2D eigenvalue weighted by Crippen LogP contribution is -2.25. The zero-order chi connectivity index (χ0) is 24.1. The molecular weight excluding hydrogens is 440 g/mol. The van der Waals surface area contributed by atoms with Crippen LogP contribution in [0.1, 0.15) is 69.8 Å². The van der Waals surface area contributed by atoms with E-state index in [1.165, 1.54) is 31.0 Å². The van der Waals surface area contributed by atoms with E-state index in [4.69, 9.17) is 4.74 Å². The van der Waals surface area contributed by atoms with Crippen molar-refractivity contribution >= 4 is 0 Å². The van der Waals surface area contributed by atoms with Crippen molar-refractivity contribution in [3.05, 3.63) is 65.5 Å². The van der Waals surface area contributed by atoms with Crippen LogP contribution in [0.15, 0.2) is 42.5 Å². The Morgan fingerprint density at radius 2 is 1.47 bits per heavy atom. The van der Waals surface area contributed by atoms with E-state index < -0.39 is 17.5 Å². The Balaban J connectivity index is 1.37. The van der Waals surface area contributed by atoms with E-state index in [-0.39, 0.29) is 30.2 Å². The van der Waals surface area contributed by atoms with Gasteiger partial charge in [-0.05, 0) is 106 Å². The molecule has 2 fully saturated rings. The van der Waals surface area contributed by atoms with E-state index in [9.17, 15) is 17.6 Å². The minimum Gasteiger partial charge on any atom is -0.491 e. The number of rotatable bonds is 7. The molecule has 0 aromatic heterocycles. The largest absolute Gasteiger partial charge is 0.491 e. The second kappa shape index (κ2) is 11.4. The maximum atomic E-state index is 15.0. The first-order valence-corrected chi connectivity index (χ1v) is 12.6. The Bertz CT molecular complexity index is 986. The highest BCUT2D eigenvalue weighted by Crippen LogP contribution is 2.44. The Labute approximate surface area is 200 Å². The summed E-state index contributed by atoms with van der Waals surface area (Å²) >= 11 is 0. The zero-order valence-corrected chi connectivity index (χ0v) is 19.8. The second-order valence-corrected chi connectivity index (χ2v) is 9.78. The molecule has 0 amide bonds. The fraction of sp³-hybridized carbons (Fsp3) is 0.517. The molecule has 0 unspecified atom stereocenters. The molecular formula is C29H34F4O. The molecule has 2 aromatic carbocycles. The quantitative estimate of drug-likeness (QED) is 0.288. The van der Waals surface area contributed by atoms with Crippen LogP contribution in [0.25, 0.3) is 11.1 Å². The van der Waals surface area contributed by atoms with Crippen molar-refractivity contribution < 1.29 is 22.3 Å². The number of hydrogen-bond acceptors (Lipinski definition) is 1. The molecule has 1 nitrogen and oxygen atoms in total. The molecule has 0 N–H and O–H groups in total. The van der Waals surface area contributed by atoms with Gasteiger partial charge in [0.05, 0.1) is 6.61 Å². The molecule has 0 bridgehead atoms. The summed E-state index contributed by atoms with van der Waals surface area (Å²) in [4.78, 5) is 0. The molecule has 4 rings (SSSR count). The summed E-state index contributed by atoms with van der Waals surface area (Å²) in [6.45, 7) is 1.54. The van der Waals surface area contributed by atoms with Gasteiger partial charge in [-0.2, -0.15) is 4.39 Å². The van der Waals surface area contributed by atoms with Gasteiger partial charge in [0.15, 0.2) is 11.6 Å². The minimum absolute atomic E-state index is 0.0652. The van der Waals surface area contributed by atoms with Crippen LogP contribution in [0.5, 0.6) is 5.75 Å². The Morgan fingerprint density at radius 1 is 0.824 bits per heavy atom. The number of hydrogen-bond donors (Lipinski definition) is 0. The van der Waals surface area contributed by atoms with Gasteiger partial charge in [-0.15, -0.1) is 0 Å². The Hall–Kier alpha value is -2.30. The van der Waals surface area contributed by atoms with E-state index >= 15 is 0 Å². The average molecular weight is 475 g/mol. The van der Waals surface area contributed by atoms with Crippen LogP contribution < -0.4 is 4.74 Å². The number of alkyl halides is 1. The molecule has 0 radical (unpaired) electrons.